The van der Waals surface area contributed by atoms with Crippen molar-refractivity contribution in [1.29, 1.82) is 0 Å². The smallest absolute Gasteiger partial charge is 0.418 e. The van der Waals surface area contributed by atoms with Gasteiger partial charge in [0.1, 0.15) is 10.8 Å². The molecule has 1 aromatic heterocycles. The number of aromatic nitrogens is 2. The third-order valence-corrected chi connectivity index (χ3v) is 4.73. The van der Waals surface area contributed by atoms with Crippen LogP contribution in [0.5, 0.6) is 5.75 Å². The van der Waals surface area contributed by atoms with E-state index in [0.29, 0.717) is 0 Å². The summed E-state index contributed by atoms with van der Waals surface area (Å²) in [6.07, 6.45) is -2.86. The van der Waals surface area contributed by atoms with E-state index in [4.69, 9.17) is 27.9 Å². The molecule has 1 heterocycles. The SMILES string of the molecule is CC(Oc1cccc(Cl)c1Cl)C(=O)Nc1ccc(-n2cccn2)cc1C(F)(F)F. The van der Waals surface area contributed by atoms with Crippen molar-refractivity contribution in [3.63, 3.8) is 0 Å². The van der Waals surface area contributed by atoms with Gasteiger partial charge in [0.15, 0.2) is 6.10 Å². The van der Waals surface area contributed by atoms with Gasteiger partial charge in [0, 0.05) is 12.4 Å². The Kier molecular flexibility index (Phi) is 6.04. The van der Waals surface area contributed by atoms with Crippen molar-refractivity contribution in [3.8, 4) is 11.4 Å². The van der Waals surface area contributed by atoms with Crippen LogP contribution in [0.3, 0.4) is 0 Å². The van der Waals surface area contributed by atoms with Crippen LogP contribution in [0, 0.1) is 0 Å². The predicted molar refractivity (Wildman–Crippen MR) is 104 cm³/mol. The third kappa shape index (κ3) is 4.83. The molecular formula is C19H14Cl2F3N3O2. The number of carbonyl (C=O) groups excluding carboxylic acids is 1. The average molecular weight is 444 g/mol. The van der Waals surface area contributed by atoms with Gasteiger partial charge in [0.25, 0.3) is 5.91 Å². The van der Waals surface area contributed by atoms with Crippen LogP contribution in [-0.2, 0) is 11.0 Å². The first kappa shape index (κ1) is 21.0. The van der Waals surface area contributed by atoms with Crippen LogP contribution >= 0.6 is 23.2 Å². The number of benzene rings is 2. The lowest BCUT2D eigenvalue weighted by Crippen LogP contribution is -2.31. The fourth-order valence-electron chi connectivity index (χ4n) is 2.49. The minimum absolute atomic E-state index is 0.105. The molecule has 152 valence electrons. The van der Waals surface area contributed by atoms with Gasteiger partial charge in [-0.2, -0.15) is 18.3 Å². The third-order valence-electron chi connectivity index (χ3n) is 3.92. The largest absolute Gasteiger partial charge is 0.479 e. The highest BCUT2D eigenvalue weighted by Gasteiger charge is 2.35. The minimum atomic E-state index is -4.69. The quantitative estimate of drug-likeness (QED) is 0.557. The lowest BCUT2D eigenvalue weighted by molar-refractivity contribution is -0.137. The standard InChI is InChI=1S/C19H14Cl2F3N3O2/c1-11(29-16-5-2-4-14(20)17(16)21)18(28)26-15-7-6-12(27-9-3-8-25-27)10-13(15)19(22,23)24/h2-11H,1H3,(H,26,28). The molecule has 2 aromatic carbocycles. The van der Waals surface area contributed by atoms with Crippen LogP contribution in [0.2, 0.25) is 10.0 Å². The number of hydrogen-bond donors (Lipinski definition) is 1. The number of alkyl halides is 3. The number of ether oxygens (including phenoxy) is 1. The molecule has 1 amide bonds. The number of nitrogens with zero attached hydrogens (tertiary/aromatic N) is 2. The molecule has 1 unspecified atom stereocenters. The Morgan fingerprint density at radius 3 is 2.62 bits per heavy atom. The molecule has 29 heavy (non-hydrogen) atoms. The van der Waals surface area contributed by atoms with Gasteiger partial charge >= 0.3 is 6.18 Å². The summed E-state index contributed by atoms with van der Waals surface area (Å²) in [5.41, 5.74) is -1.20. The van der Waals surface area contributed by atoms with Crippen LogP contribution in [0.4, 0.5) is 18.9 Å². The fraction of sp³-hybridized carbons (Fsp3) is 0.158. The van der Waals surface area contributed by atoms with E-state index in [1.807, 2.05) is 0 Å². The van der Waals surface area contributed by atoms with E-state index < -0.39 is 29.4 Å². The van der Waals surface area contributed by atoms with Gasteiger partial charge in [-0.25, -0.2) is 4.68 Å². The molecule has 0 spiro atoms. The molecule has 0 aliphatic heterocycles. The number of amides is 1. The number of carbonyl (C=O) groups is 1. The van der Waals surface area contributed by atoms with Gasteiger partial charge < -0.3 is 10.1 Å². The van der Waals surface area contributed by atoms with Gasteiger partial charge in [-0.15, -0.1) is 0 Å². The van der Waals surface area contributed by atoms with Gasteiger partial charge in [0.05, 0.1) is 22.0 Å². The fourth-order valence-corrected chi connectivity index (χ4v) is 2.83. The highest BCUT2D eigenvalue weighted by Crippen LogP contribution is 2.36. The van der Waals surface area contributed by atoms with Crippen molar-refractivity contribution in [2.24, 2.45) is 0 Å². The Morgan fingerprint density at radius 2 is 1.97 bits per heavy atom. The zero-order valence-electron chi connectivity index (χ0n) is 14.9. The van der Waals surface area contributed by atoms with Crippen molar-refractivity contribution < 1.29 is 22.7 Å². The van der Waals surface area contributed by atoms with E-state index in [-0.39, 0.29) is 21.5 Å². The van der Waals surface area contributed by atoms with E-state index in [0.717, 1.165) is 12.1 Å². The Labute approximate surface area is 174 Å². The molecule has 1 N–H and O–H groups in total. The molecular weight excluding hydrogens is 430 g/mol. The molecule has 0 radical (unpaired) electrons. The number of rotatable bonds is 5. The minimum Gasteiger partial charge on any atom is -0.479 e. The topological polar surface area (TPSA) is 56.1 Å². The first-order valence-electron chi connectivity index (χ1n) is 8.29. The number of nitrogens with one attached hydrogen (secondary N) is 1. The number of hydrogen-bond acceptors (Lipinski definition) is 3. The van der Waals surface area contributed by atoms with E-state index in [2.05, 4.69) is 10.4 Å². The van der Waals surface area contributed by atoms with E-state index in [9.17, 15) is 18.0 Å². The van der Waals surface area contributed by atoms with Gasteiger partial charge in [-0.3, -0.25) is 4.79 Å². The van der Waals surface area contributed by atoms with Crippen LogP contribution in [0.1, 0.15) is 12.5 Å². The highest BCUT2D eigenvalue weighted by molar-refractivity contribution is 6.42. The lowest BCUT2D eigenvalue weighted by atomic mass is 10.1. The van der Waals surface area contributed by atoms with Crippen LogP contribution in [0.25, 0.3) is 5.69 Å². The molecule has 10 heteroatoms. The van der Waals surface area contributed by atoms with Crippen molar-refractivity contribution in [2.75, 3.05) is 5.32 Å². The Bertz CT molecular complexity index is 1020. The number of anilines is 1. The maximum atomic E-state index is 13.5. The second-order valence-corrected chi connectivity index (χ2v) is 6.76. The van der Waals surface area contributed by atoms with E-state index >= 15 is 0 Å². The molecule has 0 aliphatic rings. The van der Waals surface area contributed by atoms with Crippen molar-refractivity contribution in [2.45, 2.75) is 19.2 Å². The molecule has 0 saturated heterocycles. The normalized spacial score (nSPS) is 12.5. The molecule has 3 aromatic rings. The van der Waals surface area contributed by atoms with E-state index in [1.165, 1.54) is 42.2 Å². The zero-order valence-corrected chi connectivity index (χ0v) is 16.4. The predicted octanol–water partition coefficient (Wildman–Crippen LogP) is 5.60. The number of halogens is 5. The summed E-state index contributed by atoms with van der Waals surface area (Å²) in [5.74, 6) is -0.634. The molecule has 0 saturated carbocycles. The first-order valence-corrected chi connectivity index (χ1v) is 9.05. The summed E-state index contributed by atoms with van der Waals surface area (Å²) >= 11 is 11.9. The zero-order chi connectivity index (χ0) is 21.2. The molecule has 3 rings (SSSR count). The summed E-state index contributed by atoms with van der Waals surface area (Å²) < 4.78 is 47.3. The van der Waals surface area contributed by atoms with Crippen molar-refractivity contribution in [3.05, 3.63) is 70.5 Å². The molecule has 0 bridgehead atoms. The van der Waals surface area contributed by atoms with Gasteiger partial charge in [-0.1, -0.05) is 29.3 Å². The summed E-state index contributed by atoms with van der Waals surface area (Å²) in [6, 6.07) is 9.68. The molecule has 5 nitrogen and oxygen atoms in total. The first-order chi connectivity index (χ1) is 13.7. The molecule has 0 aliphatic carbocycles. The second-order valence-electron chi connectivity index (χ2n) is 5.98. The summed E-state index contributed by atoms with van der Waals surface area (Å²) in [6.45, 7) is 1.39. The average Bonchev–Trinajstić information content (AvgIpc) is 3.19. The maximum Gasteiger partial charge on any atom is 0.418 e. The van der Waals surface area contributed by atoms with Crippen molar-refractivity contribution in [1.82, 2.24) is 9.78 Å². The highest BCUT2D eigenvalue weighted by atomic mass is 35.5. The van der Waals surface area contributed by atoms with Crippen LogP contribution in [-0.4, -0.2) is 21.8 Å². The lowest BCUT2D eigenvalue weighted by Gasteiger charge is -2.19. The Balaban J connectivity index is 1.83. The Morgan fingerprint density at radius 1 is 1.21 bits per heavy atom. The molecule has 0 fully saturated rings. The van der Waals surface area contributed by atoms with Crippen molar-refractivity contribution >= 4 is 34.8 Å². The summed E-state index contributed by atoms with van der Waals surface area (Å²) in [4.78, 5) is 12.4. The van der Waals surface area contributed by atoms with Crippen LogP contribution in [0.15, 0.2) is 54.9 Å². The second kappa shape index (κ2) is 8.34. The Hall–Kier alpha value is -2.71. The molecule has 1 atom stereocenters. The summed E-state index contributed by atoms with van der Waals surface area (Å²) in [5, 5.41) is 6.50. The van der Waals surface area contributed by atoms with Gasteiger partial charge in [0.2, 0.25) is 0 Å². The maximum absolute atomic E-state index is 13.5. The monoisotopic (exact) mass is 443 g/mol. The summed E-state index contributed by atoms with van der Waals surface area (Å²) in [7, 11) is 0. The van der Waals surface area contributed by atoms with Crippen LogP contribution < -0.4 is 10.1 Å². The van der Waals surface area contributed by atoms with E-state index in [1.54, 1.807) is 12.1 Å². The van der Waals surface area contributed by atoms with Gasteiger partial charge in [-0.05, 0) is 43.3 Å².